The van der Waals surface area contributed by atoms with Crippen molar-refractivity contribution in [3.05, 3.63) is 0 Å². The average molecular weight is 134 g/mol. The lowest BCUT2D eigenvalue weighted by atomic mass is 9.87. The summed E-state index contributed by atoms with van der Waals surface area (Å²) in [4.78, 5) is 0. The summed E-state index contributed by atoms with van der Waals surface area (Å²) in [6, 6.07) is 3.96. The van der Waals surface area contributed by atoms with Crippen molar-refractivity contribution in [2.75, 3.05) is 0 Å². The van der Waals surface area contributed by atoms with Gasteiger partial charge in [-0.05, 0) is 6.92 Å². The minimum Gasteiger partial charge on any atom is -0.325 e. The van der Waals surface area contributed by atoms with E-state index in [0.29, 0.717) is 0 Å². The van der Waals surface area contributed by atoms with Crippen molar-refractivity contribution in [3.8, 4) is 18.2 Å². The summed E-state index contributed by atoms with van der Waals surface area (Å²) in [5.41, 5.74) is 3.56. The molecule has 1 atom stereocenters. The molecule has 10 heavy (non-hydrogen) atoms. The maximum atomic E-state index is 8.37. The molecule has 0 saturated carbocycles. The Morgan fingerprint density at radius 2 is 1.50 bits per heavy atom. The summed E-state index contributed by atoms with van der Waals surface area (Å²) in [5, 5.41) is 25.1. The van der Waals surface area contributed by atoms with Crippen LogP contribution in [0.2, 0.25) is 0 Å². The van der Waals surface area contributed by atoms with Gasteiger partial charge in [0.25, 0.3) is 0 Å². The Morgan fingerprint density at radius 3 is 1.50 bits per heavy atom. The largest absolute Gasteiger partial charge is 0.325 e. The van der Waals surface area contributed by atoms with Crippen LogP contribution in [0.5, 0.6) is 0 Å². The molecule has 0 fully saturated rings. The van der Waals surface area contributed by atoms with Crippen LogP contribution in [0.1, 0.15) is 6.92 Å². The zero-order chi connectivity index (χ0) is 8.20. The van der Waals surface area contributed by atoms with Crippen molar-refractivity contribution in [1.29, 1.82) is 15.8 Å². The molecule has 0 amide bonds. The van der Waals surface area contributed by atoms with Crippen LogP contribution in [-0.2, 0) is 0 Å². The Labute approximate surface area is 59.1 Å². The standard InChI is InChI=1S/C6H6N4/c1-5(10)6(2-7,3-8)4-9/h5H,10H2,1H3. The Balaban J connectivity index is 4.81. The lowest BCUT2D eigenvalue weighted by Crippen LogP contribution is -2.35. The van der Waals surface area contributed by atoms with E-state index in [2.05, 4.69) is 0 Å². The van der Waals surface area contributed by atoms with Crippen molar-refractivity contribution in [2.45, 2.75) is 13.0 Å². The number of hydrogen-bond acceptors (Lipinski definition) is 4. The fourth-order valence-electron chi connectivity index (χ4n) is 0.380. The van der Waals surface area contributed by atoms with Crippen LogP contribution in [-0.4, -0.2) is 6.04 Å². The smallest absolute Gasteiger partial charge is 0.243 e. The first-order chi connectivity index (χ1) is 4.63. The van der Waals surface area contributed by atoms with Gasteiger partial charge in [-0.2, -0.15) is 15.8 Å². The molecule has 0 spiro atoms. The summed E-state index contributed by atoms with van der Waals surface area (Å²) >= 11 is 0. The maximum Gasteiger partial charge on any atom is 0.243 e. The van der Waals surface area contributed by atoms with Gasteiger partial charge >= 0.3 is 0 Å². The molecule has 0 aliphatic heterocycles. The number of hydrogen-bond donors (Lipinski definition) is 1. The second-order valence-electron chi connectivity index (χ2n) is 1.93. The Kier molecular flexibility index (Phi) is 2.38. The fourth-order valence-corrected chi connectivity index (χ4v) is 0.380. The number of rotatable bonds is 1. The van der Waals surface area contributed by atoms with Gasteiger partial charge < -0.3 is 5.73 Å². The van der Waals surface area contributed by atoms with Gasteiger partial charge in [0.1, 0.15) is 18.2 Å². The third-order valence-corrected chi connectivity index (χ3v) is 1.21. The van der Waals surface area contributed by atoms with E-state index in [1.165, 1.54) is 6.92 Å². The van der Waals surface area contributed by atoms with Gasteiger partial charge in [0.15, 0.2) is 0 Å². The summed E-state index contributed by atoms with van der Waals surface area (Å²) < 4.78 is 0. The van der Waals surface area contributed by atoms with E-state index in [0.717, 1.165) is 0 Å². The Morgan fingerprint density at radius 1 is 1.20 bits per heavy atom. The summed E-state index contributed by atoms with van der Waals surface area (Å²) in [6.45, 7) is 1.45. The van der Waals surface area contributed by atoms with Gasteiger partial charge in [-0.15, -0.1) is 0 Å². The predicted molar refractivity (Wildman–Crippen MR) is 32.9 cm³/mol. The molecule has 0 rings (SSSR count). The summed E-state index contributed by atoms with van der Waals surface area (Å²) in [5.74, 6) is 0. The number of nitrogens with zero attached hydrogens (tertiary/aromatic N) is 3. The molecule has 0 bridgehead atoms. The number of nitriles is 3. The van der Waals surface area contributed by atoms with Crippen LogP contribution >= 0.6 is 0 Å². The molecule has 0 aliphatic rings. The minimum atomic E-state index is -1.68. The molecular weight excluding hydrogens is 128 g/mol. The first-order valence-corrected chi connectivity index (χ1v) is 2.62. The molecule has 4 nitrogen and oxygen atoms in total. The van der Waals surface area contributed by atoms with Gasteiger partial charge in [0, 0.05) is 6.04 Å². The van der Waals surface area contributed by atoms with Crippen LogP contribution in [0.25, 0.3) is 0 Å². The molecule has 0 aliphatic carbocycles. The normalized spacial score (nSPS) is 12.3. The lowest BCUT2D eigenvalue weighted by Gasteiger charge is -2.11. The van der Waals surface area contributed by atoms with Crippen LogP contribution in [0, 0.1) is 39.4 Å². The van der Waals surface area contributed by atoms with Crippen molar-refractivity contribution < 1.29 is 0 Å². The summed E-state index contributed by atoms with van der Waals surface area (Å²) in [7, 11) is 0. The highest BCUT2D eigenvalue weighted by Crippen LogP contribution is 2.16. The highest BCUT2D eigenvalue weighted by atomic mass is 14.7. The third kappa shape index (κ3) is 1.05. The third-order valence-electron chi connectivity index (χ3n) is 1.21. The predicted octanol–water partition coefficient (Wildman–Crippen LogP) is -0.109. The van der Waals surface area contributed by atoms with Gasteiger partial charge in [-0.3, -0.25) is 0 Å². The van der Waals surface area contributed by atoms with E-state index in [4.69, 9.17) is 21.5 Å². The summed E-state index contributed by atoms with van der Waals surface area (Å²) in [6.07, 6.45) is 0. The molecule has 4 heteroatoms. The van der Waals surface area contributed by atoms with Crippen LogP contribution < -0.4 is 5.73 Å². The zero-order valence-corrected chi connectivity index (χ0v) is 5.50. The Bertz CT molecular complexity index is 198. The average Bonchev–Trinajstić information content (AvgIpc) is 1.92. The minimum absolute atomic E-state index is 0.743. The molecule has 1 unspecified atom stereocenters. The first-order valence-electron chi connectivity index (χ1n) is 2.62. The van der Waals surface area contributed by atoms with Gasteiger partial charge in [0.2, 0.25) is 5.41 Å². The van der Waals surface area contributed by atoms with E-state index < -0.39 is 11.5 Å². The van der Waals surface area contributed by atoms with Crippen LogP contribution in [0.3, 0.4) is 0 Å². The molecule has 0 heterocycles. The van der Waals surface area contributed by atoms with E-state index in [1.807, 2.05) is 0 Å². The van der Waals surface area contributed by atoms with E-state index in [9.17, 15) is 0 Å². The molecule has 0 radical (unpaired) electrons. The molecule has 50 valence electrons. The monoisotopic (exact) mass is 134 g/mol. The van der Waals surface area contributed by atoms with Crippen LogP contribution in [0.4, 0.5) is 0 Å². The molecule has 0 aromatic rings. The SMILES string of the molecule is CC(N)C(C#N)(C#N)C#N. The zero-order valence-electron chi connectivity index (χ0n) is 5.50. The van der Waals surface area contributed by atoms with E-state index >= 15 is 0 Å². The second-order valence-corrected chi connectivity index (χ2v) is 1.93. The van der Waals surface area contributed by atoms with Gasteiger partial charge in [0.05, 0.1) is 0 Å². The van der Waals surface area contributed by atoms with E-state index in [-0.39, 0.29) is 0 Å². The van der Waals surface area contributed by atoms with Gasteiger partial charge in [-0.25, -0.2) is 0 Å². The number of nitrogens with two attached hydrogens (primary N) is 1. The van der Waals surface area contributed by atoms with Crippen molar-refractivity contribution in [1.82, 2.24) is 0 Å². The van der Waals surface area contributed by atoms with Crippen molar-refractivity contribution in [2.24, 2.45) is 11.1 Å². The molecule has 0 aromatic carbocycles. The fraction of sp³-hybridized carbons (Fsp3) is 0.500. The van der Waals surface area contributed by atoms with Crippen molar-refractivity contribution >= 4 is 0 Å². The molecular formula is C6H6N4. The first kappa shape index (κ1) is 8.43. The van der Waals surface area contributed by atoms with Gasteiger partial charge in [-0.1, -0.05) is 0 Å². The second kappa shape index (κ2) is 2.82. The lowest BCUT2D eigenvalue weighted by molar-refractivity contribution is 0.544. The van der Waals surface area contributed by atoms with Crippen molar-refractivity contribution in [3.63, 3.8) is 0 Å². The van der Waals surface area contributed by atoms with E-state index in [1.54, 1.807) is 18.2 Å². The molecule has 0 saturated heterocycles. The van der Waals surface area contributed by atoms with Crippen LogP contribution in [0.15, 0.2) is 0 Å². The Hall–Kier alpha value is -1.57. The quantitative estimate of drug-likeness (QED) is 0.541. The maximum absolute atomic E-state index is 8.37. The molecule has 0 aromatic heterocycles. The molecule has 2 N–H and O–H groups in total. The highest BCUT2D eigenvalue weighted by Gasteiger charge is 2.34. The topological polar surface area (TPSA) is 97.4 Å². The highest BCUT2D eigenvalue weighted by molar-refractivity contribution is 5.28.